The molecular weight excluding hydrogens is 757 g/mol. The van der Waals surface area contributed by atoms with E-state index in [0.717, 1.165) is 11.4 Å². The summed E-state index contributed by atoms with van der Waals surface area (Å²) in [5.74, 6) is 0. The van der Waals surface area contributed by atoms with Gasteiger partial charge in [-0.15, -0.1) is 11.3 Å². The summed E-state index contributed by atoms with van der Waals surface area (Å²) in [5.41, 5.74) is 14.4. The number of hydrogen-bond donors (Lipinski definition) is 0. The highest BCUT2D eigenvalue weighted by molar-refractivity contribution is 7.25. The first-order valence-electron chi connectivity index (χ1n) is 20.9. The Morgan fingerprint density at radius 1 is 0.246 bits per heavy atom. The first-order chi connectivity index (χ1) is 30.2. The van der Waals surface area contributed by atoms with E-state index in [9.17, 15) is 0 Å². The molecule has 0 radical (unpaired) electrons. The fraction of sp³-hybridized carbons (Fsp3) is 0. The number of hydrogen-bond acceptors (Lipinski definition) is 1. The molecule has 3 heterocycles. The van der Waals surface area contributed by atoms with E-state index in [4.69, 9.17) is 0 Å². The Bertz CT molecular complexity index is 3860. The van der Waals surface area contributed by atoms with Gasteiger partial charge < -0.3 is 9.13 Å². The zero-order valence-electron chi connectivity index (χ0n) is 33.1. The minimum absolute atomic E-state index is 1.15. The van der Waals surface area contributed by atoms with Crippen LogP contribution in [-0.2, 0) is 0 Å². The van der Waals surface area contributed by atoms with Gasteiger partial charge in [-0.25, -0.2) is 0 Å². The first kappa shape index (κ1) is 34.2. The molecule has 0 unspecified atom stereocenters. The fourth-order valence-corrected chi connectivity index (χ4v) is 10.8. The summed E-state index contributed by atoms with van der Waals surface area (Å²) in [6.45, 7) is 0. The Balaban J connectivity index is 0.942. The Morgan fingerprint density at radius 2 is 0.689 bits per heavy atom. The topological polar surface area (TPSA) is 9.86 Å². The van der Waals surface area contributed by atoms with Crippen LogP contribution < -0.4 is 0 Å². The Hall–Kier alpha value is -7.72. The molecule has 0 saturated heterocycles. The Morgan fingerprint density at radius 3 is 1.38 bits per heavy atom. The normalized spacial score (nSPS) is 11.9. The van der Waals surface area contributed by atoms with Crippen molar-refractivity contribution in [1.29, 1.82) is 0 Å². The standard InChI is InChI=1S/C58H36N2S/c1-2-12-45(13-3-1)59-55-29-23-42(34-50(55)51-35-43(24-30-56(51)59)44-25-31-58-52(36-44)48-15-7-9-17-57(48)61-58)41-22-28-54-49(33-41)47-14-6-8-16-53(47)60(54)46-26-20-38(21-27-46)40-19-18-37-10-4-5-11-39(37)32-40/h1-36H. The molecule has 13 rings (SSSR count). The molecule has 0 spiro atoms. The zero-order valence-corrected chi connectivity index (χ0v) is 33.9. The molecule has 0 N–H and O–H groups in total. The number of rotatable bonds is 5. The largest absolute Gasteiger partial charge is 0.309 e. The minimum Gasteiger partial charge on any atom is -0.309 e. The highest BCUT2D eigenvalue weighted by Gasteiger charge is 2.18. The molecule has 0 bridgehead atoms. The van der Waals surface area contributed by atoms with Crippen LogP contribution in [0.4, 0.5) is 0 Å². The van der Waals surface area contributed by atoms with Crippen LogP contribution in [0.15, 0.2) is 218 Å². The maximum absolute atomic E-state index is 2.41. The van der Waals surface area contributed by atoms with Crippen molar-refractivity contribution in [2.45, 2.75) is 0 Å². The smallest absolute Gasteiger partial charge is 0.0541 e. The molecule has 0 fully saturated rings. The number of benzene rings is 10. The number of fused-ring (bicyclic) bond motifs is 10. The van der Waals surface area contributed by atoms with E-state index >= 15 is 0 Å². The van der Waals surface area contributed by atoms with Crippen LogP contribution >= 0.6 is 11.3 Å². The van der Waals surface area contributed by atoms with Crippen LogP contribution in [0.5, 0.6) is 0 Å². The molecule has 13 aromatic rings. The summed E-state index contributed by atoms with van der Waals surface area (Å²) in [4.78, 5) is 0. The first-order valence-corrected chi connectivity index (χ1v) is 21.7. The summed E-state index contributed by atoms with van der Waals surface area (Å²) >= 11 is 1.87. The molecule has 0 amide bonds. The van der Waals surface area contributed by atoms with Crippen molar-refractivity contribution < 1.29 is 0 Å². The number of aromatic nitrogens is 2. The van der Waals surface area contributed by atoms with Gasteiger partial charge in [0.25, 0.3) is 0 Å². The van der Waals surface area contributed by atoms with Crippen molar-refractivity contribution in [3.05, 3.63) is 218 Å². The van der Waals surface area contributed by atoms with Gasteiger partial charge in [-0.3, -0.25) is 0 Å². The molecule has 3 heteroatoms. The van der Waals surface area contributed by atoms with Crippen LogP contribution in [0.3, 0.4) is 0 Å². The van der Waals surface area contributed by atoms with Gasteiger partial charge in [0.15, 0.2) is 0 Å². The molecule has 284 valence electrons. The van der Waals surface area contributed by atoms with Gasteiger partial charge in [0.1, 0.15) is 0 Å². The minimum atomic E-state index is 1.15. The summed E-state index contributed by atoms with van der Waals surface area (Å²) in [7, 11) is 0. The van der Waals surface area contributed by atoms with Gasteiger partial charge in [-0.1, -0.05) is 127 Å². The number of nitrogens with zero attached hydrogens (tertiary/aromatic N) is 2. The molecule has 0 aliphatic rings. The van der Waals surface area contributed by atoms with E-state index in [-0.39, 0.29) is 0 Å². The molecule has 0 atom stereocenters. The molecule has 61 heavy (non-hydrogen) atoms. The molecule has 10 aromatic carbocycles. The van der Waals surface area contributed by atoms with Gasteiger partial charge in [0.05, 0.1) is 22.1 Å². The Kier molecular flexibility index (Phi) is 7.51. The molecule has 2 nitrogen and oxygen atoms in total. The summed E-state index contributed by atoms with van der Waals surface area (Å²) in [5, 5.41) is 10.2. The van der Waals surface area contributed by atoms with E-state index in [2.05, 4.69) is 228 Å². The van der Waals surface area contributed by atoms with E-state index in [1.807, 2.05) is 11.3 Å². The van der Waals surface area contributed by atoms with Crippen LogP contribution in [-0.4, -0.2) is 9.13 Å². The second-order valence-corrected chi connectivity index (χ2v) is 17.2. The maximum atomic E-state index is 2.41. The highest BCUT2D eigenvalue weighted by Crippen LogP contribution is 2.41. The van der Waals surface area contributed by atoms with Gasteiger partial charge in [0, 0.05) is 53.1 Å². The van der Waals surface area contributed by atoms with Gasteiger partial charge in [0.2, 0.25) is 0 Å². The fourth-order valence-electron chi connectivity index (χ4n) is 9.75. The predicted molar refractivity (Wildman–Crippen MR) is 262 cm³/mol. The van der Waals surface area contributed by atoms with Crippen LogP contribution in [0.25, 0.3) is 119 Å². The third-order valence-electron chi connectivity index (χ3n) is 12.7. The quantitative estimate of drug-likeness (QED) is 0.164. The monoisotopic (exact) mass is 792 g/mol. The van der Waals surface area contributed by atoms with Crippen LogP contribution in [0, 0.1) is 0 Å². The van der Waals surface area contributed by atoms with Crippen molar-refractivity contribution >= 4 is 85.9 Å². The van der Waals surface area contributed by atoms with Gasteiger partial charge >= 0.3 is 0 Å². The van der Waals surface area contributed by atoms with Gasteiger partial charge in [-0.2, -0.15) is 0 Å². The maximum Gasteiger partial charge on any atom is 0.0541 e. The molecule has 0 saturated carbocycles. The summed E-state index contributed by atoms with van der Waals surface area (Å²) in [6.07, 6.45) is 0. The SMILES string of the molecule is c1ccc(-n2c3ccc(-c4ccc5sc6ccccc6c5c4)cc3c3cc(-c4ccc5c(c4)c4ccccc4n5-c4ccc(-c5ccc6ccccc6c5)cc4)ccc32)cc1. The van der Waals surface area contributed by atoms with E-state index < -0.39 is 0 Å². The van der Waals surface area contributed by atoms with Crippen LogP contribution in [0.1, 0.15) is 0 Å². The molecule has 0 aliphatic carbocycles. The van der Waals surface area contributed by atoms with Crippen molar-refractivity contribution in [3.8, 4) is 44.8 Å². The van der Waals surface area contributed by atoms with E-state index in [1.54, 1.807) is 0 Å². The lowest BCUT2D eigenvalue weighted by atomic mass is 9.98. The third kappa shape index (κ3) is 5.41. The number of para-hydroxylation sites is 2. The van der Waals surface area contributed by atoms with Crippen molar-refractivity contribution in [2.75, 3.05) is 0 Å². The van der Waals surface area contributed by atoms with Crippen LogP contribution in [0.2, 0.25) is 0 Å². The zero-order chi connectivity index (χ0) is 40.0. The lowest BCUT2D eigenvalue weighted by Gasteiger charge is -2.10. The van der Waals surface area contributed by atoms with Crippen molar-refractivity contribution in [1.82, 2.24) is 9.13 Å². The lowest BCUT2D eigenvalue weighted by molar-refractivity contribution is 1.18. The Labute approximate surface area is 356 Å². The van der Waals surface area contributed by atoms with E-state index in [0.29, 0.717) is 0 Å². The average Bonchev–Trinajstić information content (AvgIpc) is 3.98. The second-order valence-electron chi connectivity index (χ2n) is 16.1. The molecular formula is C58H36N2S. The molecule has 0 aliphatic heterocycles. The molecule has 3 aromatic heterocycles. The average molecular weight is 793 g/mol. The predicted octanol–water partition coefficient (Wildman–Crippen LogP) is 16.4. The summed E-state index contributed by atoms with van der Waals surface area (Å²) in [6, 6.07) is 80.6. The van der Waals surface area contributed by atoms with Crippen molar-refractivity contribution in [3.63, 3.8) is 0 Å². The van der Waals surface area contributed by atoms with E-state index in [1.165, 1.54) is 108 Å². The van der Waals surface area contributed by atoms with Crippen molar-refractivity contribution in [2.24, 2.45) is 0 Å². The second kappa shape index (κ2) is 13.4. The third-order valence-corrected chi connectivity index (χ3v) is 13.9. The summed E-state index contributed by atoms with van der Waals surface area (Å²) < 4.78 is 7.48. The van der Waals surface area contributed by atoms with Gasteiger partial charge in [-0.05, 0) is 135 Å². The highest BCUT2D eigenvalue weighted by atomic mass is 32.1. The number of thiophene rings is 1. The lowest BCUT2D eigenvalue weighted by Crippen LogP contribution is -1.94.